The number of imidazole rings is 1. The number of aromatic hydroxyl groups is 1. The van der Waals surface area contributed by atoms with Gasteiger partial charge in [-0.15, -0.1) is 0 Å². The van der Waals surface area contributed by atoms with Gasteiger partial charge in [-0.2, -0.15) is 0 Å². The van der Waals surface area contributed by atoms with Crippen molar-refractivity contribution < 1.29 is 9.90 Å². The molecule has 0 aliphatic heterocycles. The zero-order valence-corrected chi connectivity index (χ0v) is 10.6. The molecule has 3 aromatic rings. The molecule has 0 spiro atoms. The number of aromatic amines is 1. The second kappa shape index (κ2) is 5.01. The molecule has 0 radical (unpaired) electrons. The summed E-state index contributed by atoms with van der Waals surface area (Å²) in [6.45, 7) is 0. The van der Waals surface area contributed by atoms with Gasteiger partial charge in [0.15, 0.2) is 0 Å². The highest BCUT2D eigenvalue weighted by Gasteiger charge is 2.15. The Morgan fingerprint density at radius 2 is 1.70 bits per heavy atom. The third-order valence-electron chi connectivity index (χ3n) is 3.02. The van der Waals surface area contributed by atoms with E-state index in [1.54, 1.807) is 18.2 Å². The number of nitrogens with zero attached hydrogens (tertiary/aromatic N) is 1. The lowest BCUT2D eigenvalue weighted by molar-refractivity contribution is 0.103. The van der Waals surface area contributed by atoms with Crippen molar-refractivity contribution in [1.29, 1.82) is 0 Å². The van der Waals surface area contributed by atoms with Crippen molar-refractivity contribution in [3.8, 4) is 17.1 Å². The van der Waals surface area contributed by atoms with Gasteiger partial charge in [0.1, 0.15) is 17.3 Å². The number of hydrogen-bond donors (Lipinski definition) is 2. The smallest absolute Gasteiger partial charge is 0.214 e. The molecule has 20 heavy (non-hydrogen) atoms. The van der Waals surface area contributed by atoms with E-state index in [4.69, 9.17) is 0 Å². The first kappa shape index (κ1) is 12.2. The van der Waals surface area contributed by atoms with E-state index in [9.17, 15) is 9.90 Å². The first-order valence-corrected chi connectivity index (χ1v) is 6.19. The maximum absolute atomic E-state index is 12.3. The fourth-order valence-electron chi connectivity index (χ4n) is 1.99. The highest BCUT2D eigenvalue weighted by molar-refractivity contribution is 6.09. The standard InChI is InChI=1S/C16H12N2O2/c19-14-9-5-4-8-12(14)15(20)13-10-17-16(18-13)11-6-2-1-3-7-11/h1-10,19H,(H,17,18). The Kier molecular flexibility index (Phi) is 3.05. The van der Waals surface area contributed by atoms with E-state index in [1.165, 1.54) is 12.3 Å². The topological polar surface area (TPSA) is 66.0 Å². The van der Waals surface area contributed by atoms with Crippen molar-refractivity contribution in [2.45, 2.75) is 0 Å². The van der Waals surface area contributed by atoms with Crippen molar-refractivity contribution >= 4 is 5.78 Å². The zero-order chi connectivity index (χ0) is 13.9. The van der Waals surface area contributed by atoms with E-state index >= 15 is 0 Å². The molecule has 3 rings (SSSR count). The van der Waals surface area contributed by atoms with E-state index < -0.39 is 0 Å². The van der Waals surface area contributed by atoms with Gasteiger partial charge in [-0.1, -0.05) is 42.5 Å². The highest BCUT2D eigenvalue weighted by Crippen LogP contribution is 2.21. The first-order chi connectivity index (χ1) is 9.75. The molecule has 1 heterocycles. The lowest BCUT2D eigenvalue weighted by atomic mass is 10.1. The van der Waals surface area contributed by atoms with Gasteiger partial charge in [-0.25, -0.2) is 4.98 Å². The van der Waals surface area contributed by atoms with Crippen molar-refractivity contribution in [2.75, 3.05) is 0 Å². The van der Waals surface area contributed by atoms with Crippen molar-refractivity contribution in [1.82, 2.24) is 9.97 Å². The van der Waals surface area contributed by atoms with Crippen molar-refractivity contribution in [3.63, 3.8) is 0 Å². The van der Waals surface area contributed by atoms with Crippen LogP contribution in [0.15, 0.2) is 60.8 Å². The fourth-order valence-corrected chi connectivity index (χ4v) is 1.99. The molecule has 0 unspecified atom stereocenters. The van der Waals surface area contributed by atoms with Crippen LogP contribution in [-0.2, 0) is 0 Å². The number of benzene rings is 2. The predicted molar refractivity (Wildman–Crippen MR) is 75.6 cm³/mol. The maximum atomic E-state index is 12.3. The molecule has 4 heteroatoms. The Labute approximate surface area is 115 Å². The third kappa shape index (κ3) is 2.19. The summed E-state index contributed by atoms with van der Waals surface area (Å²) in [5.74, 6) is 0.315. The van der Waals surface area contributed by atoms with Crippen molar-refractivity contribution in [3.05, 3.63) is 72.1 Å². The molecule has 0 aliphatic rings. The lowest BCUT2D eigenvalue weighted by Crippen LogP contribution is -2.01. The maximum Gasteiger partial charge on any atom is 0.214 e. The molecule has 98 valence electrons. The van der Waals surface area contributed by atoms with E-state index in [0.717, 1.165) is 5.56 Å². The number of carbonyl (C=O) groups is 1. The average Bonchev–Trinajstić information content (AvgIpc) is 2.98. The molecule has 1 aromatic heterocycles. The van der Waals surface area contributed by atoms with Crippen LogP contribution in [0.2, 0.25) is 0 Å². The fraction of sp³-hybridized carbons (Fsp3) is 0. The van der Waals surface area contributed by atoms with Crippen LogP contribution in [-0.4, -0.2) is 20.9 Å². The number of hydrogen-bond acceptors (Lipinski definition) is 3. The lowest BCUT2D eigenvalue weighted by Gasteiger charge is -2.01. The molecule has 0 bridgehead atoms. The number of rotatable bonds is 3. The quantitative estimate of drug-likeness (QED) is 0.715. The number of nitrogens with one attached hydrogen (secondary N) is 1. The van der Waals surface area contributed by atoms with Crippen LogP contribution >= 0.6 is 0 Å². The Hall–Kier alpha value is -2.88. The molecule has 0 atom stereocenters. The van der Waals surface area contributed by atoms with Crippen molar-refractivity contribution in [2.24, 2.45) is 0 Å². The SMILES string of the molecule is O=C(c1cnc(-c2ccccc2)[nH]1)c1ccccc1O. The van der Waals surface area contributed by atoms with E-state index in [2.05, 4.69) is 9.97 Å². The predicted octanol–water partition coefficient (Wildman–Crippen LogP) is 3.01. The molecular weight excluding hydrogens is 252 g/mol. The van der Waals surface area contributed by atoms with Crippen LogP contribution < -0.4 is 0 Å². The van der Waals surface area contributed by atoms with Gasteiger partial charge in [-0.3, -0.25) is 4.79 Å². The number of ketones is 1. The van der Waals surface area contributed by atoms with Gasteiger partial charge in [-0.05, 0) is 12.1 Å². The van der Waals surface area contributed by atoms with Gasteiger partial charge in [0, 0.05) is 5.56 Å². The largest absolute Gasteiger partial charge is 0.507 e. The molecule has 0 fully saturated rings. The summed E-state index contributed by atoms with van der Waals surface area (Å²) in [6, 6.07) is 16.0. The summed E-state index contributed by atoms with van der Waals surface area (Å²) in [6.07, 6.45) is 1.48. The normalized spacial score (nSPS) is 10.4. The number of aromatic nitrogens is 2. The summed E-state index contributed by atoms with van der Waals surface area (Å²) in [5.41, 5.74) is 1.52. The number of phenols is 1. The van der Waals surface area contributed by atoms with Gasteiger partial charge < -0.3 is 10.1 Å². The van der Waals surface area contributed by atoms with Gasteiger partial charge in [0.25, 0.3) is 0 Å². The molecule has 2 aromatic carbocycles. The number of H-pyrrole nitrogens is 1. The minimum Gasteiger partial charge on any atom is -0.507 e. The molecule has 4 nitrogen and oxygen atoms in total. The second-order valence-corrected chi connectivity index (χ2v) is 4.36. The van der Waals surface area contributed by atoms with Crippen LogP contribution in [0.25, 0.3) is 11.4 Å². The minimum absolute atomic E-state index is 0.0339. The van der Waals surface area contributed by atoms with Gasteiger partial charge in [0.2, 0.25) is 5.78 Å². The summed E-state index contributed by atoms with van der Waals surface area (Å²) in [5, 5.41) is 9.71. The molecule has 0 saturated heterocycles. The van der Waals surface area contributed by atoms with Gasteiger partial charge >= 0.3 is 0 Å². The summed E-state index contributed by atoms with van der Waals surface area (Å²) < 4.78 is 0. The summed E-state index contributed by atoms with van der Waals surface area (Å²) in [4.78, 5) is 19.5. The summed E-state index contributed by atoms with van der Waals surface area (Å²) in [7, 11) is 0. The second-order valence-electron chi connectivity index (χ2n) is 4.36. The Bertz CT molecular complexity index is 748. The Balaban J connectivity index is 1.95. The average molecular weight is 264 g/mol. The van der Waals surface area contributed by atoms with Gasteiger partial charge in [0.05, 0.1) is 11.8 Å². The van der Waals surface area contributed by atoms with Crippen LogP contribution in [0.5, 0.6) is 5.75 Å². The van der Waals surface area contributed by atoms with E-state index in [0.29, 0.717) is 11.5 Å². The Morgan fingerprint density at radius 3 is 2.45 bits per heavy atom. The first-order valence-electron chi connectivity index (χ1n) is 6.19. The molecule has 0 amide bonds. The highest BCUT2D eigenvalue weighted by atomic mass is 16.3. The van der Waals surface area contributed by atoms with Crippen LogP contribution in [0.3, 0.4) is 0 Å². The summed E-state index contributed by atoms with van der Waals surface area (Å²) >= 11 is 0. The third-order valence-corrected chi connectivity index (χ3v) is 3.02. The van der Waals surface area contributed by atoms with Crippen LogP contribution in [0.4, 0.5) is 0 Å². The number of phenolic OH excluding ortho intramolecular Hbond substituents is 1. The zero-order valence-electron chi connectivity index (χ0n) is 10.6. The van der Waals surface area contributed by atoms with E-state index in [1.807, 2.05) is 30.3 Å². The van der Waals surface area contributed by atoms with Crippen LogP contribution in [0.1, 0.15) is 16.1 Å². The Morgan fingerprint density at radius 1 is 1.00 bits per heavy atom. The molecular formula is C16H12N2O2. The number of para-hydroxylation sites is 1. The minimum atomic E-state index is -0.280. The monoisotopic (exact) mass is 264 g/mol. The van der Waals surface area contributed by atoms with Crippen LogP contribution in [0, 0.1) is 0 Å². The van der Waals surface area contributed by atoms with E-state index in [-0.39, 0.29) is 17.1 Å². The molecule has 0 saturated carbocycles. The number of carbonyl (C=O) groups excluding carboxylic acids is 1. The molecule has 0 aliphatic carbocycles. The molecule has 2 N–H and O–H groups in total.